The molecule has 2 unspecified atom stereocenters. The molecule has 0 spiro atoms. The first-order valence-electron chi connectivity index (χ1n) is 23.7. The van der Waals surface area contributed by atoms with Crippen molar-refractivity contribution in [1.29, 1.82) is 0 Å². The summed E-state index contributed by atoms with van der Waals surface area (Å²) >= 11 is -2.36. The van der Waals surface area contributed by atoms with E-state index in [1.807, 2.05) is 0 Å². The van der Waals surface area contributed by atoms with Gasteiger partial charge in [0, 0.05) is 53.5 Å². The smallest absolute Gasteiger partial charge is 0.248 e. The van der Waals surface area contributed by atoms with Gasteiger partial charge in [-0.05, 0) is 37.4 Å². The van der Waals surface area contributed by atoms with Crippen molar-refractivity contribution in [3.63, 3.8) is 0 Å². The number of rotatable bonds is 14. The Kier molecular flexibility index (Phi) is 20.4. The van der Waals surface area contributed by atoms with E-state index in [2.05, 4.69) is 42.2 Å². The molecule has 11 atom stereocenters. The molecule has 0 aliphatic carbocycles. The van der Waals surface area contributed by atoms with Gasteiger partial charge in [0.15, 0.2) is 6.04 Å². The van der Waals surface area contributed by atoms with Gasteiger partial charge >= 0.3 is 0 Å². The number of nitrogens with one attached hydrogen (secondary N) is 8. The van der Waals surface area contributed by atoms with Gasteiger partial charge in [0.25, 0.3) is 0 Å². The number of aromatic nitrogens is 1. The van der Waals surface area contributed by atoms with E-state index in [4.69, 9.17) is 16.2 Å². The first kappa shape index (κ1) is 55.9. The monoisotopic (exact) mass is 1020 g/mol. The lowest BCUT2D eigenvalue weighted by Crippen LogP contribution is -2.62. The summed E-state index contributed by atoms with van der Waals surface area (Å²) in [5, 5.41) is 49.2. The molecule has 1 aromatic carbocycles. The van der Waals surface area contributed by atoms with Crippen LogP contribution in [0, 0.1) is 11.8 Å². The SMILES string of the molecule is CC[C@H](C)[C@@H]1NC(=O)CNC(=O)C2Cc3c([nH]c4cc(OCCCCCCN)ccc34)[S@@+]([O-])C[C@@H](NC(=O)CNC1=O)C(=O)N[C@@H](CC(N)=O)C(=O)N1CC(O)C[C@H]1C(=O)N[C@@H]([C@@H](C)[C@@H](O)CO)C(=O)N2. The Hall–Kier alpha value is -6.06. The summed E-state index contributed by atoms with van der Waals surface area (Å²) in [6.07, 6.45) is -1.00. The van der Waals surface area contributed by atoms with Gasteiger partial charge in [0.1, 0.15) is 41.7 Å². The normalized spacial score (nSPS) is 26.8. The van der Waals surface area contributed by atoms with E-state index in [1.165, 1.54) is 6.92 Å². The number of hydrogen-bond acceptors (Lipinski definition) is 15. The number of H-pyrrole nitrogens is 1. The quantitative estimate of drug-likeness (QED) is 0.0625. The maximum Gasteiger partial charge on any atom is 0.248 e. The zero-order valence-electron chi connectivity index (χ0n) is 40.0. The first-order valence-corrected chi connectivity index (χ1v) is 25.0. The van der Waals surface area contributed by atoms with Gasteiger partial charge in [0.2, 0.25) is 58.2 Å². The third-order valence-corrected chi connectivity index (χ3v) is 14.3. The molecule has 1 fully saturated rings. The Bertz CT molecular complexity index is 2280. The summed E-state index contributed by atoms with van der Waals surface area (Å²) in [4.78, 5) is 129. The van der Waals surface area contributed by atoms with E-state index in [9.17, 15) is 63.0 Å². The Morgan fingerprint density at radius 1 is 0.873 bits per heavy atom. The largest absolute Gasteiger partial charge is 0.610 e. The van der Waals surface area contributed by atoms with E-state index in [0.717, 1.165) is 30.6 Å². The maximum absolute atomic E-state index is 14.9. The maximum atomic E-state index is 14.9. The topological polar surface area (TPSA) is 402 Å². The number of carbonyl (C=O) groups is 9. The number of aliphatic hydroxyl groups is 3. The molecular weight excluding hydrogens is 951 g/mol. The molecular formula is C45H67N11O14S. The van der Waals surface area contributed by atoms with Crippen LogP contribution in [0.1, 0.15) is 71.3 Å². The lowest BCUT2D eigenvalue weighted by atomic mass is 9.93. The Morgan fingerprint density at radius 3 is 2.24 bits per heavy atom. The summed E-state index contributed by atoms with van der Waals surface area (Å²) < 4.78 is 20.9. The number of nitrogens with zero attached hydrogens (tertiary/aromatic N) is 1. The van der Waals surface area contributed by atoms with Gasteiger partial charge in [-0.2, -0.15) is 0 Å². The molecule has 1 saturated heterocycles. The number of amides is 9. The second-order valence-electron chi connectivity index (χ2n) is 18.2. The number of fused-ring (bicyclic) bond motifs is 5. The standard InChI is InChI=1S/C45H67N11O14S/c1-4-22(2)37-42(66)49-17-35(61)50-31-21-71(69)44-27(26-10-9-25(14-28(26)53-44)70-12-8-6-5-7-11-46)15-29(39(63)48-18-36(62)54-37)51-43(67)38(23(3)33(59)20-57)55-41(65)32-13-24(58)19-56(32)45(68)30(16-34(47)60)52-40(31)64/h9-10,14,22-24,29-33,37-38,53,57-59H,4-8,11-13,15-21,46H2,1-3H3,(H2,47,60)(H,48,63)(H,49,66)(H,50,61)(H,51,67)(H,52,64)(H,54,62)(H,55,65)/t22-,23-,24?,29?,30-,31+,32-,33-,37-,38-,71-/m0/s1. The fourth-order valence-electron chi connectivity index (χ4n) is 8.57. The molecule has 2 bridgehead atoms. The number of carbonyl (C=O) groups excluding carboxylic acids is 9. The molecule has 4 heterocycles. The minimum atomic E-state index is -2.36. The van der Waals surface area contributed by atoms with Gasteiger partial charge in [-0.1, -0.05) is 40.0 Å². The Labute approximate surface area is 412 Å². The summed E-state index contributed by atoms with van der Waals surface area (Å²) in [5.74, 6) is -11.2. The van der Waals surface area contributed by atoms with Crippen molar-refractivity contribution < 1.29 is 67.8 Å². The third kappa shape index (κ3) is 14.8. The predicted molar refractivity (Wildman–Crippen MR) is 254 cm³/mol. The number of aromatic amines is 1. The van der Waals surface area contributed by atoms with Crippen LogP contribution in [-0.2, 0) is 60.7 Å². The van der Waals surface area contributed by atoms with Crippen LogP contribution in [0.5, 0.6) is 5.75 Å². The molecule has 71 heavy (non-hydrogen) atoms. The van der Waals surface area contributed by atoms with Crippen molar-refractivity contribution in [2.75, 3.05) is 45.1 Å². The van der Waals surface area contributed by atoms with Crippen LogP contribution in [0.25, 0.3) is 10.9 Å². The molecule has 3 aliphatic rings. The van der Waals surface area contributed by atoms with Crippen molar-refractivity contribution in [3.05, 3.63) is 23.8 Å². The third-order valence-electron chi connectivity index (χ3n) is 12.9. The lowest BCUT2D eigenvalue weighted by Gasteiger charge is -2.32. The number of hydrogen-bond donors (Lipinski definition) is 13. The predicted octanol–water partition coefficient (Wildman–Crippen LogP) is -4.73. The number of ether oxygens (including phenoxy) is 1. The van der Waals surface area contributed by atoms with E-state index in [-0.39, 0.29) is 10.6 Å². The zero-order valence-corrected chi connectivity index (χ0v) is 40.8. The molecule has 2 aromatic rings. The van der Waals surface area contributed by atoms with Crippen LogP contribution >= 0.6 is 0 Å². The average molecular weight is 1020 g/mol. The highest BCUT2D eigenvalue weighted by Gasteiger charge is 2.45. The Morgan fingerprint density at radius 2 is 1.56 bits per heavy atom. The van der Waals surface area contributed by atoms with Crippen LogP contribution in [0.2, 0.25) is 0 Å². The minimum Gasteiger partial charge on any atom is -0.610 e. The molecule has 5 rings (SSSR count). The van der Waals surface area contributed by atoms with Crippen LogP contribution < -0.4 is 53.4 Å². The van der Waals surface area contributed by atoms with Crippen molar-refractivity contribution in [2.45, 2.75) is 126 Å². The average Bonchev–Trinajstić information content (AvgIpc) is 3.91. The molecule has 26 heteroatoms. The van der Waals surface area contributed by atoms with Gasteiger partial charge in [-0.15, -0.1) is 0 Å². The van der Waals surface area contributed by atoms with Crippen LogP contribution in [-0.4, -0.2) is 177 Å². The molecule has 15 N–H and O–H groups in total. The molecule has 0 saturated carbocycles. The van der Waals surface area contributed by atoms with Gasteiger partial charge in [-0.3, -0.25) is 43.2 Å². The number of aliphatic hydroxyl groups excluding tert-OH is 3. The fourth-order valence-corrected chi connectivity index (χ4v) is 9.97. The highest BCUT2D eigenvalue weighted by molar-refractivity contribution is 7.91. The van der Waals surface area contributed by atoms with Crippen molar-refractivity contribution in [1.82, 2.24) is 47.1 Å². The molecule has 25 nitrogen and oxygen atoms in total. The van der Waals surface area contributed by atoms with Crippen LogP contribution in [0.3, 0.4) is 0 Å². The summed E-state index contributed by atoms with van der Waals surface area (Å²) in [6.45, 7) is 2.75. The van der Waals surface area contributed by atoms with Crippen LogP contribution in [0.4, 0.5) is 0 Å². The fraction of sp³-hybridized carbons (Fsp3) is 0.622. The second-order valence-corrected chi connectivity index (χ2v) is 19.6. The Balaban J connectivity index is 1.72. The summed E-state index contributed by atoms with van der Waals surface area (Å²) in [6, 6.07) is -5.04. The van der Waals surface area contributed by atoms with Gasteiger partial charge in [0.05, 0.1) is 50.4 Å². The van der Waals surface area contributed by atoms with Crippen molar-refractivity contribution >= 4 is 75.2 Å². The van der Waals surface area contributed by atoms with Crippen molar-refractivity contribution in [2.24, 2.45) is 23.3 Å². The molecule has 0 radical (unpaired) electrons. The van der Waals surface area contributed by atoms with Crippen LogP contribution in [0.15, 0.2) is 23.2 Å². The molecule has 392 valence electrons. The second kappa shape index (κ2) is 25.9. The van der Waals surface area contributed by atoms with E-state index in [1.54, 1.807) is 32.0 Å². The lowest BCUT2D eigenvalue weighted by molar-refractivity contribution is -0.144. The highest BCUT2D eigenvalue weighted by atomic mass is 32.2. The first-order chi connectivity index (χ1) is 33.8. The van der Waals surface area contributed by atoms with E-state index in [0.29, 0.717) is 36.2 Å². The number of nitrogens with two attached hydrogens (primary N) is 2. The molecule has 9 amide bonds. The number of primary amides is 1. The molecule has 1 aromatic heterocycles. The number of benzene rings is 1. The summed E-state index contributed by atoms with van der Waals surface area (Å²) in [5.41, 5.74) is 11.6. The minimum absolute atomic E-state index is 0.102. The van der Waals surface area contributed by atoms with Gasteiger partial charge in [-0.25, -0.2) is 0 Å². The van der Waals surface area contributed by atoms with Crippen molar-refractivity contribution in [3.8, 4) is 5.75 Å². The van der Waals surface area contributed by atoms with Gasteiger partial charge < -0.3 is 83.2 Å². The molecule has 3 aliphatic heterocycles. The summed E-state index contributed by atoms with van der Waals surface area (Å²) in [7, 11) is 0. The van der Waals surface area contributed by atoms with E-state index < -0.39 is 176 Å². The number of unbranched alkanes of at least 4 members (excludes halogenated alkanes) is 3. The highest BCUT2D eigenvalue weighted by Crippen LogP contribution is 2.32. The van der Waals surface area contributed by atoms with E-state index >= 15 is 0 Å². The zero-order chi connectivity index (χ0) is 52.1.